The van der Waals surface area contributed by atoms with E-state index in [1.165, 1.54) is 24.3 Å². The van der Waals surface area contributed by atoms with Gasteiger partial charge in [-0.3, -0.25) is 19.7 Å². The monoisotopic (exact) mass is 285 g/mol. The first-order valence-electron chi connectivity index (χ1n) is 6.99. The lowest BCUT2D eigenvalue weighted by atomic mass is 10.1. The summed E-state index contributed by atoms with van der Waals surface area (Å²) >= 11 is 0. The van der Waals surface area contributed by atoms with Gasteiger partial charge in [0.05, 0.1) is 12.2 Å². The number of rotatable bonds is 4. The summed E-state index contributed by atoms with van der Waals surface area (Å²) in [5, 5.41) is 0. The Morgan fingerprint density at radius 3 is 2.81 bits per heavy atom. The first kappa shape index (κ1) is 13.8. The molecule has 0 saturated carbocycles. The minimum Gasteiger partial charge on any atom is -0.295 e. The molecule has 0 radical (unpaired) electrons. The average molecular weight is 285 g/mol. The molecule has 108 valence electrons. The van der Waals surface area contributed by atoms with Crippen LogP contribution >= 0.6 is 0 Å². The zero-order valence-corrected chi connectivity index (χ0v) is 11.6. The predicted octanol–water partition coefficient (Wildman–Crippen LogP) is 2.29. The predicted molar refractivity (Wildman–Crippen MR) is 76.6 cm³/mol. The SMILES string of the molecule is O=C(CN1CCC(c2cnccn2)C1)c1ccc(F)cc1. The molecule has 1 atom stereocenters. The van der Waals surface area contributed by atoms with Gasteiger partial charge in [-0.25, -0.2) is 4.39 Å². The van der Waals surface area contributed by atoms with Crippen LogP contribution in [-0.4, -0.2) is 40.3 Å². The summed E-state index contributed by atoms with van der Waals surface area (Å²) < 4.78 is 12.9. The Morgan fingerprint density at radius 1 is 1.29 bits per heavy atom. The zero-order valence-electron chi connectivity index (χ0n) is 11.6. The van der Waals surface area contributed by atoms with E-state index in [0.29, 0.717) is 18.0 Å². The van der Waals surface area contributed by atoms with Gasteiger partial charge in [-0.2, -0.15) is 0 Å². The number of likely N-dealkylation sites (tertiary alicyclic amines) is 1. The number of nitrogens with zero attached hydrogens (tertiary/aromatic N) is 3. The fraction of sp³-hybridized carbons (Fsp3) is 0.312. The maximum absolute atomic E-state index is 12.9. The molecule has 1 saturated heterocycles. The third kappa shape index (κ3) is 3.31. The van der Waals surface area contributed by atoms with E-state index in [-0.39, 0.29) is 11.6 Å². The van der Waals surface area contributed by atoms with Gasteiger partial charge in [-0.1, -0.05) is 0 Å². The summed E-state index contributed by atoms with van der Waals surface area (Å²) in [6.07, 6.45) is 6.13. The number of aromatic nitrogens is 2. The maximum atomic E-state index is 12.9. The summed E-state index contributed by atoms with van der Waals surface area (Å²) in [6.45, 7) is 2.04. The van der Waals surface area contributed by atoms with Gasteiger partial charge in [-0.05, 0) is 37.2 Å². The van der Waals surface area contributed by atoms with Crippen LogP contribution in [0.15, 0.2) is 42.9 Å². The van der Waals surface area contributed by atoms with Crippen LogP contribution in [0.3, 0.4) is 0 Å². The van der Waals surface area contributed by atoms with Crippen LogP contribution in [0.1, 0.15) is 28.4 Å². The highest BCUT2D eigenvalue weighted by atomic mass is 19.1. The van der Waals surface area contributed by atoms with Crippen molar-refractivity contribution in [3.63, 3.8) is 0 Å². The molecule has 0 amide bonds. The number of hydrogen-bond acceptors (Lipinski definition) is 4. The molecular formula is C16H16FN3O. The molecule has 0 N–H and O–H groups in total. The van der Waals surface area contributed by atoms with Crippen LogP contribution in [0.2, 0.25) is 0 Å². The van der Waals surface area contributed by atoms with E-state index < -0.39 is 0 Å². The normalized spacial score (nSPS) is 18.8. The van der Waals surface area contributed by atoms with E-state index in [4.69, 9.17) is 0 Å². The van der Waals surface area contributed by atoms with E-state index in [2.05, 4.69) is 14.9 Å². The van der Waals surface area contributed by atoms with Crippen molar-refractivity contribution >= 4 is 5.78 Å². The summed E-state index contributed by atoms with van der Waals surface area (Å²) in [7, 11) is 0. The topological polar surface area (TPSA) is 46.1 Å². The molecule has 1 fully saturated rings. The third-order valence-electron chi connectivity index (χ3n) is 3.81. The van der Waals surface area contributed by atoms with E-state index in [1.807, 2.05) is 0 Å². The highest BCUT2D eigenvalue weighted by Crippen LogP contribution is 2.25. The lowest BCUT2D eigenvalue weighted by molar-refractivity contribution is 0.0944. The van der Waals surface area contributed by atoms with Gasteiger partial charge in [0.15, 0.2) is 5.78 Å². The molecule has 21 heavy (non-hydrogen) atoms. The lowest BCUT2D eigenvalue weighted by Gasteiger charge is -2.14. The van der Waals surface area contributed by atoms with Crippen molar-refractivity contribution in [2.45, 2.75) is 12.3 Å². The van der Waals surface area contributed by atoms with Crippen molar-refractivity contribution < 1.29 is 9.18 Å². The Hall–Kier alpha value is -2.14. The smallest absolute Gasteiger partial charge is 0.176 e. The largest absolute Gasteiger partial charge is 0.295 e. The van der Waals surface area contributed by atoms with Gasteiger partial charge in [0.2, 0.25) is 0 Å². The van der Waals surface area contributed by atoms with Crippen molar-refractivity contribution in [1.29, 1.82) is 0 Å². The number of carbonyl (C=O) groups excluding carboxylic acids is 1. The number of hydrogen-bond donors (Lipinski definition) is 0. The van der Waals surface area contributed by atoms with Crippen molar-refractivity contribution in [2.24, 2.45) is 0 Å². The number of ketones is 1. The summed E-state index contributed by atoms with van der Waals surface area (Å²) in [6, 6.07) is 5.71. The van der Waals surface area contributed by atoms with Crippen LogP contribution in [0, 0.1) is 5.82 Å². The summed E-state index contributed by atoms with van der Waals surface area (Å²) in [5.41, 5.74) is 1.54. The Labute approximate surface area is 122 Å². The van der Waals surface area contributed by atoms with Gasteiger partial charge in [0, 0.05) is 36.6 Å². The second kappa shape index (κ2) is 6.10. The van der Waals surface area contributed by atoms with Crippen molar-refractivity contribution in [3.05, 3.63) is 59.9 Å². The lowest BCUT2D eigenvalue weighted by Crippen LogP contribution is -2.27. The Morgan fingerprint density at radius 2 is 2.10 bits per heavy atom. The highest BCUT2D eigenvalue weighted by molar-refractivity contribution is 5.97. The molecule has 0 aliphatic carbocycles. The molecule has 0 spiro atoms. The number of carbonyl (C=O) groups is 1. The Kier molecular flexibility index (Phi) is 4.01. The molecule has 2 aromatic rings. The molecule has 1 aromatic carbocycles. The minimum absolute atomic E-state index is 0.0230. The average Bonchev–Trinajstić information content (AvgIpc) is 2.97. The molecule has 3 rings (SSSR count). The Balaban J connectivity index is 1.60. The highest BCUT2D eigenvalue weighted by Gasteiger charge is 2.26. The molecule has 1 unspecified atom stereocenters. The molecule has 4 nitrogen and oxygen atoms in total. The van der Waals surface area contributed by atoms with Gasteiger partial charge < -0.3 is 0 Å². The second-order valence-corrected chi connectivity index (χ2v) is 5.28. The molecule has 2 heterocycles. The van der Waals surface area contributed by atoms with Gasteiger partial charge >= 0.3 is 0 Å². The maximum Gasteiger partial charge on any atom is 0.176 e. The fourth-order valence-corrected chi connectivity index (χ4v) is 2.67. The standard InChI is InChI=1S/C16H16FN3O/c17-14-3-1-12(2-4-14)16(21)11-20-8-5-13(10-20)15-9-18-6-7-19-15/h1-4,6-7,9,13H,5,8,10-11H2. The minimum atomic E-state index is -0.324. The van der Waals surface area contributed by atoms with Gasteiger partial charge in [0.25, 0.3) is 0 Å². The fourth-order valence-electron chi connectivity index (χ4n) is 2.67. The Bertz CT molecular complexity index is 615. The first-order valence-corrected chi connectivity index (χ1v) is 6.99. The molecule has 5 heteroatoms. The zero-order chi connectivity index (χ0) is 14.7. The molecule has 1 aromatic heterocycles. The van der Waals surface area contributed by atoms with E-state index in [1.54, 1.807) is 18.6 Å². The van der Waals surface area contributed by atoms with Crippen LogP contribution in [0.4, 0.5) is 4.39 Å². The van der Waals surface area contributed by atoms with Crippen LogP contribution < -0.4 is 0 Å². The van der Waals surface area contributed by atoms with E-state index in [0.717, 1.165) is 25.2 Å². The van der Waals surface area contributed by atoms with Crippen molar-refractivity contribution in [3.8, 4) is 0 Å². The number of halogens is 1. The third-order valence-corrected chi connectivity index (χ3v) is 3.81. The van der Waals surface area contributed by atoms with Crippen LogP contribution in [0.5, 0.6) is 0 Å². The summed E-state index contributed by atoms with van der Waals surface area (Å²) in [5.74, 6) is 0.0324. The van der Waals surface area contributed by atoms with Crippen molar-refractivity contribution in [2.75, 3.05) is 19.6 Å². The molecule has 0 bridgehead atoms. The second-order valence-electron chi connectivity index (χ2n) is 5.28. The number of benzene rings is 1. The number of Topliss-reactive ketones (excluding diaryl/α,β-unsaturated/α-hetero) is 1. The van der Waals surface area contributed by atoms with E-state index in [9.17, 15) is 9.18 Å². The van der Waals surface area contributed by atoms with Gasteiger partial charge in [0.1, 0.15) is 5.82 Å². The van der Waals surface area contributed by atoms with Gasteiger partial charge in [-0.15, -0.1) is 0 Å². The first-order chi connectivity index (χ1) is 10.2. The molecule has 1 aliphatic heterocycles. The van der Waals surface area contributed by atoms with Crippen molar-refractivity contribution in [1.82, 2.24) is 14.9 Å². The van der Waals surface area contributed by atoms with Crippen LogP contribution in [0.25, 0.3) is 0 Å². The molecule has 1 aliphatic rings. The van der Waals surface area contributed by atoms with E-state index >= 15 is 0 Å². The quantitative estimate of drug-likeness (QED) is 0.809. The summed E-state index contributed by atoms with van der Waals surface area (Å²) in [4.78, 5) is 22.7. The molecular weight excluding hydrogens is 269 g/mol. The van der Waals surface area contributed by atoms with Crippen LogP contribution in [-0.2, 0) is 0 Å².